The monoisotopic (exact) mass is 555 g/mol. The van der Waals surface area contributed by atoms with Gasteiger partial charge in [0.25, 0.3) is 5.56 Å². The minimum Gasteiger partial charge on any atom is -0.494 e. The Kier molecular flexibility index (Phi) is 7.63. The van der Waals surface area contributed by atoms with E-state index in [1.807, 2.05) is 43.3 Å². The molecule has 3 heterocycles. The van der Waals surface area contributed by atoms with Crippen molar-refractivity contribution in [1.82, 2.24) is 9.13 Å². The van der Waals surface area contributed by atoms with Crippen LogP contribution in [0.15, 0.2) is 75.7 Å². The normalized spacial score (nSPS) is 15.2. The lowest BCUT2D eigenvalue weighted by Crippen LogP contribution is -2.39. The average Bonchev–Trinajstić information content (AvgIpc) is 3.38. The van der Waals surface area contributed by atoms with E-state index in [-0.39, 0.29) is 12.2 Å². The molecular weight excluding hydrogens is 522 g/mol. The number of nitrogens with zero attached hydrogens (tertiary/aromatic N) is 3. The first-order chi connectivity index (χ1) is 19.2. The maximum absolute atomic E-state index is 14.0. The molecule has 0 amide bonds. The van der Waals surface area contributed by atoms with Crippen LogP contribution < -0.4 is 19.6 Å². The first kappa shape index (κ1) is 27.4. The third kappa shape index (κ3) is 4.95. The quantitative estimate of drug-likeness (QED) is 0.304. The summed E-state index contributed by atoms with van der Waals surface area (Å²) in [4.78, 5) is 32.4. The summed E-state index contributed by atoms with van der Waals surface area (Å²) in [6, 6.07) is 17.3. The van der Waals surface area contributed by atoms with E-state index in [4.69, 9.17) is 9.47 Å². The number of ether oxygens (including phenoxy) is 2. The van der Waals surface area contributed by atoms with Crippen molar-refractivity contribution >= 4 is 23.4 Å². The first-order valence-electron chi connectivity index (χ1n) is 13.4. The smallest absolute Gasteiger partial charge is 0.338 e. The lowest BCUT2D eigenvalue weighted by Gasteiger charge is -2.24. The summed E-state index contributed by atoms with van der Waals surface area (Å²) in [5, 5.41) is 0. The molecule has 7 nitrogen and oxygen atoms in total. The lowest BCUT2D eigenvalue weighted by molar-refractivity contribution is -0.139. The predicted octanol–water partition coefficient (Wildman–Crippen LogP) is 4.91. The predicted molar refractivity (Wildman–Crippen MR) is 158 cm³/mol. The molecule has 0 saturated carbocycles. The van der Waals surface area contributed by atoms with Crippen LogP contribution in [0.4, 0.5) is 0 Å². The Hall–Kier alpha value is -4.17. The Balaban J connectivity index is 1.67. The van der Waals surface area contributed by atoms with Gasteiger partial charge in [-0.3, -0.25) is 9.36 Å². The molecule has 1 aliphatic heterocycles. The maximum Gasteiger partial charge on any atom is 0.338 e. The number of fused-ring (bicyclic) bond motifs is 1. The molecule has 2 aromatic heterocycles. The van der Waals surface area contributed by atoms with Gasteiger partial charge >= 0.3 is 5.97 Å². The number of carbonyl (C=O) groups is 1. The molecule has 0 aliphatic carbocycles. The Morgan fingerprint density at radius 2 is 1.77 bits per heavy atom. The minimum absolute atomic E-state index is 0.197. The number of aryl methyl sites for hydroxylation is 2. The van der Waals surface area contributed by atoms with E-state index in [2.05, 4.69) is 54.6 Å². The van der Waals surface area contributed by atoms with Gasteiger partial charge < -0.3 is 14.0 Å². The molecule has 40 heavy (non-hydrogen) atoms. The van der Waals surface area contributed by atoms with Gasteiger partial charge in [-0.15, -0.1) is 0 Å². The standard InChI is InChI=1S/C32H33N3O4S/c1-7-38-26-14-12-23(13-15-26)29-28(31(37)39-8-2)21(5)33-32-35(29)30(36)27(40-32)18-24-17-20(4)34(22(24)6)25-11-9-10-19(3)16-25/h9-18,29H,7-8H2,1-6H3/b27-18-/t29-/m1/s1. The van der Waals surface area contributed by atoms with Gasteiger partial charge in [0, 0.05) is 17.1 Å². The molecule has 0 unspecified atom stereocenters. The van der Waals surface area contributed by atoms with Crippen LogP contribution in [0.3, 0.4) is 0 Å². The van der Waals surface area contributed by atoms with Gasteiger partial charge in [0.15, 0.2) is 4.80 Å². The Morgan fingerprint density at radius 3 is 2.45 bits per heavy atom. The van der Waals surface area contributed by atoms with Gasteiger partial charge in [-0.1, -0.05) is 35.6 Å². The molecule has 2 aromatic carbocycles. The van der Waals surface area contributed by atoms with Gasteiger partial charge in [0.1, 0.15) is 5.75 Å². The second kappa shape index (κ2) is 11.1. The summed E-state index contributed by atoms with van der Waals surface area (Å²) in [5.41, 5.74) is 6.84. The third-order valence-electron chi connectivity index (χ3n) is 7.04. The van der Waals surface area contributed by atoms with E-state index in [1.165, 1.54) is 16.9 Å². The minimum atomic E-state index is -0.659. The van der Waals surface area contributed by atoms with Crippen molar-refractivity contribution in [2.24, 2.45) is 4.99 Å². The van der Waals surface area contributed by atoms with Crippen molar-refractivity contribution in [3.8, 4) is 11.4 Å². The van der Waals surface area contributed by atoms with Crippen LogP contribution in [0.2, 0.25) is 0 Å². The van der Waals surface area contributed by atoms with Crippen molar-refractivity contribution < 1.29 is 14.3 Å². The molecule has 0 fully saturated rings. The SMILES string of the molecule is CCOC(=O)C1=C(C)N=c2s/c(=C\c3cc(C)n(-c4cccc(C)c4)c3C)c(=O)n2[C@@H]1c1ccc(OCC)cc1. The van der Waals surface area contributed by atoms with Gasteiger partial charge in [0.05, 0.1) is 35.1 Å². The molecule has 0 N–H and O–H groups in total. The number of allylic oxidation sites excluding steroid dienone is 1. The zero-order valence-electron chi connectivity index (χ0n) is 23.6. The molecule has 1 aliphatic rings. The van der Waals surface area contributed by atoms with Crippen molar-refractivity contribution in [2.45, 2.75) is 47.6 Å². The van der Waals surface area contributed by atoms with Crippen LogP contribution in [-0.2, 0) is 9.53 Å². The van der Waals surface area contributed by atoms with Crippen molar-refractivity contribution in [1.29, 1.82) is 0 Å². The summed E-state index contributed by atoms with van der Waals surface area (Å²) in [6.45, 7) is 12.5. The number of thiazole rings is 1. The lowest BCUT2D eigenvalue weighted by atomic mass is 9.96. The first-order valence-corrected chi connectivity index (χ1v) is 14.2. The van der Waals surface area contributed by atoms with E-state index in [1.54, 1.807) is 18.4 Å². The van der Waals surface area contributed by atoms with E-state index < -0.39 is 12.0 Å². The van der Waals surface area contributed by atoms with Gasteiger partial charge in [-0.05, 0) is 94.6 Å². The average molecular weight is 556 g/mol. The second-order valence-corrected chi connectivity index (χ2v) is 10.8. The molecular formula is C32H33N3O4S. The highest BCUT2D eigenvalue weighted by Gasteiger charge is 2.33. The molecule has 0 saturated heterocycles. The number of esters is 1. The molecule has 4 aromatic rings. The molecule has 8 heteroatoms. The zero-order valence-corrected chi connectivity index (χ0v) is 24.5. The molecule has 0 radical (unpaired) electrons. The van der Waals surface area contributed by atoms with E-state index in [9.17, 15) is 9.59 Å². The number of hydrogen-bond acceptors (Lipinski definition) is 6. The summed E-state index contributed by atoms with van der Waals surface area (Å²) in [5.74, 6) is 0.250. The Bertz CT molecular complexity index is 1810. The zero-order chi connectivity index (χ0) is 28.6. The van der Waals surface area contributed by atoms with E-state index >= 15 is 0 Å². The van der Waals surface area contributed by atoms with Crippen molar-refractivity contribution in [3.63, 3.8) is 0 Å². The van der Waals surface area contributed by atoms with Crippen LogP contribution in [-0.4, -0.2) is 28.3 Å². The number of carbonyl (C=O) groups excluding carboxylic acids is 1. The van der Waals surface area contributed by atoms with Crippen LogP contribution in [0, 0.1) is 20.8 Å². The van der Waals surface area contributed by atoms with Crippen molar-refractivity contribution in [2.75, 3.05) is 13.2 Å². The number of hydrogen-bond donors (Lipinski definition) is 0. The molecule has 1 atom stereocenters. The molecule has 0 spiro atoms. The Labute approximate surface area is 237 Å². The van der Waals surface area contributed by atoms with E-state index in [0.717, 1.165) is 34.0 Å². The van der Waals surface area contributed by atoms with Crippen molar-refractivity contribution in [3.05, 3.63) is 114 Å². The number of aromatic nitrogens is 2. The largest absolute Gasteiger partial charge is 0.494 e. The second-order valence-electron chi connectivity index (χ2n) is 9.81. The third-order valence-corrected chi connectivity index (χ3v) is 8.02. The maximum atomic E-state index is 14.0. The highest BCUT2D eigenvalue weighted by molar-refractivity contribution is 7.07. The number of benzene rings is 2. The van der Waals surface area contributed by atoms with Gasteiger partial charge in [0.2, 0.25) is 0 Å². The summed E-state index contributed by atoms with van der Waals surface area (Å²) >= 11 is 1.33. The summed E-state index contributed by atoms with van der Waals surface area (Å²) < 4.78 is 15.4. The van der Waals surface area contributed by atoms with Gasteiger partial charge in [-0.2, -0.15) is 0 Å². The molecule has 0 bridgehead atoms. The van der Waals surface area contributed by atoms with Crippen LogP contribution in [0.1, 0.15) is 54.9 Å². The van der Waals surface area contributed by atoms with Gasteiger partial charge in [-0.25, -0.2) is 9.79 Å². The fourth-order valence-corrected chi connectivity index (χ4v) is 6.30. The van der Waals surface area contributed by atoms with Crippen LogP contribution in [0.5, 0.6) is 5.75 Å². The van der Waals surface area contributed by atoms with Crippen LogP contribution in [0.25, 0.3) is 11.8 Å². The summed E-state index contributed by atoms with van der Waals surface area (Å²) in [7, 11) is 0. The summed E-state index contributed by atoms with van der Waals surface area (Å²) in [6.07, 6.45) is 1.93. The fraction of sp³-hybridized carbons (Fsp3) is 0.281. The van der Waals surface area contributed by atoms with Crippen LogP contribution >= 0.6 is 11.3 Å². The molecule has 5 rings (SSSR count). The molecule has 206 valence electrons. The van der Waals surface area contributed by atoms with E-state index in [0.29, 0.717) is 27.2 Å². The Morgan fingerprint density at radius 1 is 1.02 bits per heavy atom. The topological polar surface area (TPSA) is 74.8 Å². The fourth-order valence-electron chi connectivity index (χ4n) is 5.26. The highest BCUT2D eigenvalue weighted by Crippen LogP contribution is 2.31. The number of rotatable bonds is 7. The highest BCUT2D eigenvalue weighted by atomic mass is 32.1.